The number of phenols is 1. The van der Waals surface area contributed by atoms with Gasteiger partial charge < -0.3 is 15.2 Å². The Kier molecular flexibility index (Phi) is 4.98. The Balaban J connectivity index is 2.47. The van der Waals surface area contributed by atoms with Crippen LogP contribution in [0.5, 0.6) is 11.5 Å². The second kappa shape index (κ2) is 6.30. The lowest BCUT2D eigenvalue weighted by Crippen LogP contribution is -2.14. The molecule has 1 aromatic carbocycles. The van der Waals surface area contributed by atoms with E-state index in [9.17, 15) is 5.11 Å². The van der Waals surface area contributed by atoms with Crippen LogP contribution in [0.3, 0.4) is 0 Å². The van der Waals surface area contributed by atoms with Crippen molar-refractivity contribution in [3.63, 3.8) is 0 Å². The van der Waals surface area contributed by atoms with Crippen LogP contribution in [-0.4, -0.2) is 18.8 Å². The summed E-state index contributed by atoms with van der Waals surface area (Å²) in [5.41, 5.74) is 0.909. The van der Waals surface area contributed by atoms with Crippen molar-refractivity contribution in [3.05, 3.63) is 23.8 Å². The Bertz CT molecular complexity index is 300. The zero-order chi connectivity index (χ0) is 11.1. The molecule has 0 unspecified atom stereocenters. The third-order valence-electron chi connectivity index (χ3n) is 2.32. The molecule has 0 aliphatic carbocycles. The highest BCUT2D eigenvalue weighted by Gasteiger charge is 2.01. The molecule has 0 heterocycles. The van der Waals surface area contributed by atoms with Crippen molar-refractivity contribution in [2.75, 3.05) is 13.7 Å². The van der Waals surface area contributed by atoms with Crippen molar-refractivity contribution in [2.45, 2.75) is 26.3 Å². The van der Waals surface area contributed by atoms with Crippen LogP contribution in [0.25, 0.3) is 0 Å². The SMILES string of the molecule is CCCCNCc1ccc(OC)cc1O. The van der Waals surface area contributed by atoms with Crippen LogP contribution in [0.2, 0.25) is 0 Å². The van der Waals surface area contributed by atoms with E-state index in [4.69, 9.17) is 4.74 Å². The number of methoxy groups -OCH3 is 1. The van der Waals surface area contributed by atoms with Gasteiger partial charge in [0.25, 0.3) is 0 Å². The van der Waals surface area contributed by atoms with Crippen LogP contribution >= 0.6 is 0 Å². The average molecular weight is 209 g/mol. The van der Waals surface area contributed by atoms with Crippen molar-refractivity contribution < 1.29 is 9.84 Å². The number of phenolic OH excluding ortho intramolecular Hbond substituents is 1. The maximum atomic E-state index is 9.66. The summed E-state index contributed by atoms with van der Waals surface area (Å²) in [6.45, 7) is 3.85. The number of hydrogen-bond donors (Lipinski definition) is 2. The fourth-order valence-corrected chi connectivity index (χ4v) is 1.34. The molecular weight excluding hydrogens is 190 g/mol. The van der Waals surface area contributed by atoms with Gasteiger partial charge in [0.15, 0.2) is 0 Å². The Morgan fingerprint density at radius 3 is 2.80 bits per heavy atom. The molecule has 0 atom stereocenters. The Morgan fingerprint density at radius 2 is 2.20 bits per heavy atom. The fourth-order valence-electron chi connectivity index (χ4n) is 1.34. The van der Waals surface area contributed by atoms with E-state index >= 15 is 0 Å². The molecule has 3 nitrogen and oxygen atoms in total. The number of ether oxygens (including phenoxy) is 1. The summed E-state index contributed by atoms with van der Waals surface area (Å²) in [6, 6.07) is 5.38. The van der Waals surface area contributed by atoms with Crippen molar-refractivity contribution in [2.24, 2.45) is 0 Å². The van der Waals surface area contributed by atoms with Gasteiger partial charge in [-0.25, -0.2) is 0 Å². The van der Waals surface area contributed by atoms with E-state index in [0.29, 0.717) is 18.0 Å². The average Bonchev–Trinajstić information content (AvgIpc) is 2.26. The zero-order valence-corrected chi connectivity index (χ0v) is 9.42. The fraction of sp³-hybridized carbons (Fsp3) is 0.500. The summed E-state index contributed by atoms with van der Waals surface area (Å²) in [6.07, 6.45) is 2.35. The molecule has 2 N–H and O–H groups in total. The minimum Gasteiger partial charge on any atom is -0.507 e. The summed E-state index contributed by atoms with van der Waals surface area (Å²) >= 11 is 0. The highest BCUT2D eigenvalue weighted by molar-refractivity contribution is 5.39. The second-order valence-electron chi connectivity index (χ2n) is 3.52. The maximum Gasteiger partial charge on any atom is 0.123 e. The molecule has 0 bridgehead atoms. The van der Waals surface area contributed by atoms with Crippen LogP contribution in [0.15, 0.2) is 18.2 Å². The van der Waals surface area contributed by atoms with Gasteiger partial charge >= 0.3 is 0 Å². The number of hydrogen-bond acceptors (Lipinski definition) is 3. The van der Waals surface area contributed by atoms with Crippen LogP contribution in [0.1, 0.15) is 25.3 Å². The molecule has 15 heavy (non-hydrogen) atoms. The molecule has 1 rings (SSSR count). The predicted octanol–water partition coefficient (Wildman–Crippen LogP) is 2.29. The Morgan fingerprint density at radius 1 is 1.40 bits per heavy atom. The Hall–Kier alpha value is -1.22. The van der Waals surface area contributed by atoms with Crippen molar-refractivity contribution in [1.29, 1.82) is 0 Å². The van der Waals surface area contributed by atoms with Gasteiger partial charge in [-0.2, -0.15) is 0 Å². The first-order valence-electron chi connectivity index (χ1n) is 5.34. The molecule has 0 aromatic heterocycles. The third kappa shape index (κ3) is 3.80. The van der Waals surface area contributed by atoms with Crippen molar-refractivity contribution in [1.82, 2.24) is 5.32 Å². The topological polar surface area (TPSA) is 41.5 Å². The molecule has 1 aromatic rings. The van der Waals surface area contributed by atoms with Gasteiger partial charge in [0.05, 0.1) is 7.11 Å². The van der Waals surface area contributed by atoms with Crippen LogP contribution in [0.4, 0.5) is 0 Å². The van der Waals surface area contributed by atoms with E-state index in [1.165, 1.54) is 6.42 Å². The van der Waals surface area contributed by atoms with Crippen molar-refractivity contribution >= 4 is 0 Å². The summed E-state index contributed by atoms with van der Waals surface area (Å²) in [5.74, 6) is 0.975. The number of rotatable bonds is 6. The van der Waals surface area contributed by atoms with Crippen LogP contribution in [0, 0.1) is 0 Å². The smallest absolute Gasteiger partial charge is 0.123 e. The largest absolute Gasteiger partial charge is 0.507 e. The lowest BCUT2D eigenvalue weighted by Gasteiger charge is -2.07. The van der Waals surface area contributed by atoms with E-state index in [1.807, 2.05) is 12.1 Å². The van der Waals surface area contributed by atoms with E-state index in [-0.39, 0.29) is 0 Å². The van der Waals surface area contributed by atoms with E-state index in [1.54, 1.807) is 13.2 Å². The number of aromatic hydroxyl groups is 1. The molecule has 0 radical (unpaired) electrons. The molecule has 84 valence electrons. The first-order chi connectivity index (χ1) is 7.27. The molecule has 3 heteroatoms. The lowest BCUT2D eigenvalue weighted by atomic mass is 10.2. The van der Waals surface area contributed by atoms with Crippen LogP contribution in [-0.2, 0) is 6.54 Å². The highest BCUT2D eigenvalue weighted by Crippen LogP contribution is 2.22. The predicted molar refractivity (Wildman–Crippen MR) is 61.3 cm³/mol. The molecule has 0 amide bonds. The van der Waals surface area contributed by atoms with Gasteiger partial charge in [-0.15, -0.1) is 0 Å². The highest BCUT2D eigenvalue weighted by atomic mass is 16.5. The molecule has 0 saturated heterocycles. The number of unbranched alkanes of at least 4 members (excludes halogenated alkanes) is 1. The summed E-state index contributed by atoms with van der Waals surface area (Å²) < 4.78 is 5.01. The first-order valence-corrected chi connectivity index (χ1v) is 5.34. The zero-order valence-electron chi connectivity index (χ0n) is 9.42. The van der Waals surface area contributed by atoms with E-state index in [0.717, 1.165) is 18.5 Å². The molecule has 0 aliphatic heterocycles. The van der Waals surface area contributed by atoms with Crippen molar-refractivity contribution in [3.8, 4) is 11.5 Å². The van der Waals surface area contributed by atoms with Gasteiger partial charge in [0, 0.05) is 18.2 Å². The quantitative estimate of drug-likeness (QED) is 0.706. The molecule has 0 fully saturated rings. The monoisotopic (exact) mass is 209 g/mol. The standard InChI is InChI=1S/C12H19NO2/c1-3-4-7-13-9-10-5-6-11(15-2)8-12(10)14/h5-6,8,13-14H,3-4,7,9H2,1-2H3. The van der Waals surface area contributed by atoms with E-state index < -0.39 is 0 Å². The summed E-state index contributed by atoms with van der Waals surface area (Å²) in [5, 5.41) is 12.9. The van der Waals surface area contributed by atoms with Gasteiger partial charge in [0.2, 0.25) is 0 Å². The van der Waals surface area contributed by atoms with Gasteiger partial charge in [-0.1, -0.05) is 19.4 Å². The number of nitrogens with one attached hydrogen (secondary N) is 1. The Labute approximate surface area is 91.1 Å². The molecule has 0 spiro atoms. The lowest BCUT2D eigenvalue weighted by molar-refractivity contribution is 0.406. The van der Waals surface area contributed by atoms with Gasteiger partial charge in [-0.3, -0.25) is 0 Å². The van der Waals surface area contributed by atoms with Crippen LogP contribution < -0.4 is 10.1 Å². The normalized spacial score (nSPS) is 10.3. The molecular formula is C12H19NO2. The number of benzene rings is 1. The maximum absolute atomic E-state index is 9.66. The minimum atomic E-state index is 0.290. The van der Waals surface area contributed by atoms with Gasteiger partial charge in [0.1, 0.15) is 11.5 Å². The second-order valence-corrected chi connectivity index (χ2v) is 3.52. The summed E-state index contributed by atoms with van der Waals surface area (Å²) in [4.78, 5) is 0. The van der Waals surface area contributed by atoms with Gasteiger partial charge in [-0.05, 0) is 19.0 Å². The molecule has 0 saturated carbocycles. The first kappa shape index (κ1) is 11.9. The van der Waals surface area contributed by atoms with E-state index in [2.05, 4.69) is 12.2 Å². The summed E-state index contributed by atoms with van der Waals surface area (Å²) in [7, 11) is 1.59. The molecule has 0 aliphatic rings. The third-order valence-corrected chi connectivity index (χ3v) is 2.32. The minimum absolute atomic E-state index is 0.290.